The number of hydrogen-bond acceptors (Lipinski definition) is 7. The van der Waals surface area contributed by atoms with Gasteiger partial charge >= 0.3 is 0 Å². The van der Waals surface area contributed by atoms with E-state index in [1.165, 1.54) is 23.4 Å². The van der Waals surface area contributed by atoms with E-state index in [0.29, 0.717) is 12.0 Å². The van der Waals surface area contributed by atoms with Crippen LogP contribution in [0.25, 0.3) is 0 Å². The van der Waals surface area contributed by atoms with Crippen LogP contribution in [0.15, 0.2) is 46.2 Å². The monoisotopic (exact) mass is 477 g/mol. The molecule has 3 heterocycles. The van der Waals surface area contributed by atoms with Crippen molar-refractivity contribution in [3.8, 4) is 0 Å². The fourth-order valence-electron chi connectivity index (χ4n) is 4.26. The van der Waals surface area contributed by atoms with E-state index in [4.69, 9.17) is 5.73 Å². The molecule has 2 aromatic rings. The fraction of sp³-hybridized carbons (Fsp3) is 0.476. The predicted molar refractivity (Wildman–Crippen MR) is 120 cm³/mol. The van der Waals surface area contributed by atoms with Crippen molar-refractivity contribution in [3.05, 3.63) is 47.6 Å². The zero-order chi connectivity index (χ0) is 22.7. The van der Waals surface area contributed by atoms with Gasteiger partial charge < -0.3 is 16.0 Å². The Labute approximate surface area is 191 Å². The number of aromatic nitrogens is 1. The van der Waals surface area contributed by atoms with Gasteiger partial charge in [-0.15, -0.1) is 11.3 Å². The van der Waals surface area contributed by atoms with Crippen molar-refractivity contribution in [2.24, 2.45) is 5.73 Å². The van der Waals surface area contributed by atoms with Gasteiger partial charge in [0, 0.05) is 43.1 Å². The lowest BCUT2D eigenvalue weighted by molar-refractivity contribution is -0.132. The summed E-state index contributed by atoms with van der Waals surface area (Å²) in [4.78, 5) is 32.0. The first-order valence-electron chi connectivity index (χ1n) is 10.7. The molecule has 9 nitrogen and oxygen atoms in total. The van der Waals surface area contributed by atoms with E-state index in [1.807, 2.05) is 0 Å². The lowest BCUT2D eigenvalue weighted by Crippen LogP contribution is -2.64. The molecule has 0 bridgehead atoms. The molecule has 32 heavy (non-hydrogen) atoms. The van der Waals surface area contributed by atoms with Crippen molar-refractivity contribution in [1.82, 2.24) is 19.5 Å². The van der Waals surface area contributed by atoms with E-state index in [9.17, 15) is 18.0 Å². The highest BCUT2D eigenvalue weighted by atomic mass is 32.2. The van der Waals surface area contributed by atoms with Gasteiger partial charge in [0.1, 0.15) is 4.21 Å². The van der Waals surface area contributed by atoms with Crippen molar-refractivity contribution in [2.45, 2.75) is 54.6 Å². The second-order valence-corrected chi connectivity index (χ2v) is 11.2. The summed E-state index contributed by atoms with van der Waals surface area (Å²) in [5.74, 6) is -0.878. The maximum absolute atomic E-state index is 13.5. The third kappa shape index (κ3) is 4.70. The normalized spacial score (nSPS) is 24.8. The number of nitrogens with two attached hydrogens (primary N) is 1. The average molecular weight is 478 g/mol. The largest absolute Gasteiger partial charge is 0.350 e. The van der Waals surface area contributed by atoms with Gasteiger partial charge in [0.25, 0.3) is 21.8 Å². The van der Waals surface area contributed by atoms with Crippen molar-refractivity contribution in [1.29, 1.82) is 0 Å². The quantitative estimate of drug-likeness (QED) is 0.670. The van der Waals surface area contributed by atoms with Crippen molar-refractivity contribution in [3.63, 3.8) is 0 Å². The highest BCUT2D eigenvalue weighted by Gasteiger charge is 2.45. The Kier molecular flexibility index (Phi) is 6.89. The average Bonchev–Trinajstić information content (AvgIpc) is 3.36. The Balaban J connectivity index is 1.66. The van der Waals surface area contributed by atoms with Crippen LogP contribution < -0.4 is 11.1 Å². The number of sulfonamides is 1. The molecule has 1 atom stereocenters. The van der Waals surface area contributed by atoms with Crippen LogP contribution in [0.4, 0.5) is 0 Å². The Morgan fingerprint density at radius 3 is 2.47 bits per heavy atom. The molecule has 172 valence electrons. The molecule has 2 aliphatic rings. The number of nitrogens with one attached hydrogen (secondary N) is 1. The van der Waals surface area contributed by atoms with Crippen LogP contribution in [0.2, 0.25) is 0 Å². The first kappa shape index (κ1) is 22.8. The zero-order valence-electron chi connectivity index (χ0n) is 17.6. The van der Waals surface area contributed by atoms with Gasteiger partial charge in [0.05, 0.1) is 0 Å². The predicted octanol–water partition coefficient (Wildman–Crippen LogP) is 1.39. The maximum Gasteiger partial charge on any atom is 0.259 e. The molecule has 0 radical (unpaired) electrons. The van der Waals surface area contributed by atoms with Gasteiger partial charge in [-0.25, -0.2) is 8.42 Å². The topological polar surface area (TPSA) is 126 Å². The number of rotatable bonds is 5. The zero-order valence-corrected chi connectivity index (χ0v) is 19.2. The Bertz CT molecular complexity index is 1040. The molecule has 1 unspecified atom stereocenters. The molecule has 11 heteroatoms. The lowest BCUT2D eigenvalue weighted by Gasteiger charge is -2.42. The van der Waals surface area contributed by atoms with Crippen LogP contribution in [0.1, 0.15) is 42.5 Å². The Hall–Kier alpha value is -2.34. The number of amides is 2. The highest BCUT2D eigenvalue weighted by Crippen LogP contribution is 2.28. The Morgan fingerprint density at radius 1 is 1.09 bits per heavy atom. The number of hydrogen-bond donors (Lipinski definition) is 2. The smallest absolute Gasteiger partial charge is 0.259 e. The summed E-state index contributed by atoms with van der Waals surface area (Å²) in [6.07, 6.45) is 5.23. The van der Waals surface area contributed by atoms with Gasteiger partial charge in [-0.3, -0.25) is 14.6 Å². The first-order valence-corrected chi connectivity index (χ1v) is 13.0. The van der Waals surface area contributed by atoms with E-state index < -0.39 is 28.0 Å². The van der Waals surface area contributed by atoms with E-state index in [-0.39, 0.29) is 29.4 Å². The van der Waals surface area contributed by atoms with E-state index in [1.54, 1.807) is 23.6 Å². The first-order chi connectivity index (χ1) is 15.4. The molecule has 4 rings (SSSR count). The van der Waals surface area contributed by atoms with Crippen molar-refractivity contribution < 1.29 is 18.0 Å². The van der Waals surface area contributed by atoms with Gasteiger partial charge in [-0.05, 0) is 55.7 Å². The van der Waals surface area contributed by atoms with Gasteiger partial charge in [-0.2, -0.15) is 4.31 Å². The summed E-state index contributed by atoms with van der Waals surface area (Å²) in [6, 6.07) is 6.33. The molecular weight excluding hydrogens is 450 g/mol. The molecule has 3 N–H and O–H groups in total. The molecule has 1 saturated heterocycles. The van der Waals surface area contributed by atoms with E-state index in [0.717, 1.165) is 41.3 Å². The van der Waals surface area contributed by atoms with Gasteiger partial charge in [0.2, 0.25) is 0 Å². The molecular formula is C21H27N5O4S2. The van der Waals surface area contributed by atoms with Crippen molar-refractivity contribution >= 4 is 33.2 Å². The molecule has 0 aromatic carbocycles. The van der Waals surface area contributed by atoms with Crippen LogP contribution in [0, 0.1) is 0 Å². The van der Waals surface area contributed by atoms with Crippen molar-refractivity contribution in [2.75, 3.05) is 13.1 Å². The number of pyridine rings is 1. The fourth-order valence-corrected chi connectivity index (χ4v) is 6.97. The summed E-state index contributed by atoms with van der Waals surface area (Å²) in [7, 11) is -3.95. The summed E-state index contributed by atoms with van der Waals surface area (Å²) >= 11 is 1.09. The number of carbonyl (C=O) groups excluding carboxylic acids is 2. The molecule has 2 fully saturated rings. The minimum atomic E-state index is -3.95. The lowest BCUT2D eigenvalue weighted by atomic mass is 9.92. The second kappa shape index (κ2) is 9.65. The summed E-state index contributed by atoms with van der Waals surface area (Å²) < 4.78 is 28.1. The molecule has 1 aliphatic heterocycles. The molecule has 0 spiro atoms. The number of nitrogens with zero attached hydrogens (tertiary/aromatic N) is 3. The number of thiophene rings is 1. The maximum atomic E-state index is 13.5. The third-order valence-corrected chi connectivity index (χ3v) is 9.17. The summed E-state index contributed by atoms with van der Waals surface area (Å²) in [5.41, 5.74) is 6.33. The third-order valence-electron chi connectivity index (χ3n) is 5.94. The Morgan fingerprint density at radius 2 is 1.81 bits per heavy atom. The highest BCUT2D eigenvalue weighted by molar-refractivity contribution is 7.91. The van der Waals surface area contributed by atoms with E-state index >= 15 is 0 Å². The molecule has 2 aromatic heterocycles. The van der Waals surface area contributed by atoms with Crippen LogP contribution in [0.3, 0.4) is 0 Å². The van der Waals surface area contributed by atoms with Crippen LogP contribution >= 0.6 is 11.3 Å². The second-order valence-electron chi connectivity index (χ2n) is 8.13. The molecule has 2 amide bonds. The van der Waals surface area contributed by atoms with Gasteiger partial charge in [-0.1, -0.05) is 6.07 Å². The summed E-state index contributed by atoms with van der Waals surface area (Å²) in [6.45, 7) is 0.444. The minimum Gasteiger partial charge on any atom is -0.350 e. The van der Waals surface area contributed by atoms with E-state index in [2.05, 4.69) is 10.3 Å². The van der Waals surface area contributed by atoms with Crippen LogP contribution in [-0.4, -0.2) is 65.8 Å². The minimum absolute atomic E-state index is 0.0894. The molecule has 1 aliphatic carbocycles. The van der Waals surface area contributed by atoms with Crippen LogP contribution in [-0.2, 0) is 14.8 Å². The molecule has 1 saturated carbocycles. The van der Waals surface area contributed by atoms with Crippen LogP contribution in [0.5, 0.6) is 0 Å². The number of carbonyl (C=O) groups is 2. The SMILES string of the molecule is NC1CCC(NC(=O)C2N(C(=O)c3ccncc3)CCCN2S(=O)(=O)c2cccs2)CC1. The summed E-state index contributed by atoms with van der Waals surface area (Å²) in [5, 5.41) is 4.67. The van der Waals surface area contributed by atoms with Gasteiger partial charge in [0.15, 0.2) is 6.17 Å². The standard InChI is InChI=1S/C21H27N5O4S2/c22-16-4-6-17(7-5-16)24-19(27)20-25(21(28)15-8-10-23-11-9-15)12-2-13-26(20)32(29,30)18-3-1-14-31-18/h1,3,8-11,14,16-17,20H,2,4-7,12-13,22H2,(H,24,27).